The summed E-state index contributed by atoms with van der Waals surface area (Å²) in [5, 5.41) is 3.86. The number of pyridine rings is 1. The van der Waals surface area contributed by atoms with Crippen LogP contribution >= 0.6 is 11.8 Å². The Morgan fingerprint density at radius 1 is 1.15 bits per heavy atom. The van der Waals surface area contributed by atoms with Crippen LogP contribution in [0.4, 0.5) is 5.69 Å². The molecule has 1 N–H and O–H groups in total. The lowest BCUT2D eigenvalue weighted by atomic mass is 9.94. The summed E-state index contributed by atoms with van der Waals surface area (Å²) in [4.78, 5) is 19.0. The smallest absolute Gasteiger partial charge is 0.253 e. The molecule has 1 fully saturated rings. The Bertz CT molecular complexity index is 745. The van der Waals surface area contributed by atoms with Gasteiger partial charge in [-0.05, 0) is 49.3 Å². The standard InChI is InChI=1S/C21H27N3OS/c1-24(2)19-9-7-15(8-10-19)16-11-17(14-22-13-16)21(25)23-18-5-4-6-20(12-18)26-3/h7-11,13-14,18,20H,4-6,12H2,1-3H3,(H,23,25). The van der Waals surface area contributed by atoms with Gasteiger partial charge in [0.25, 0.3) is 5.91 Å². The third-order valence-corrected chi connectivity index (χ3v) is 6.11. The number of carbonyl (C=O) groups excluding carboxylic acids is 1. The third-order valence-electron chi connectivity index (χ3n) is 5.01. The number of carbonyl (C=O) groups is 1. The molecule has 0 radical (unpaired) electrons. The van der Waals surface area contributed by atoms with Gasteiger partial charge in [-0.2, -0.15) is 11.8 Å². The molecule has 1 amide bonds. The first-order valence-electron chi connectivity index (χ1n) is 9.13. The Morgan fingerprint density at radius 3 is 2.62 bits per heavy atom. The van der Waals surface area contributed by atoms with E-state index in [1.165, 1.54) is 12.8 Å². The van der Waals surface area contributed by atoms with Gasteiger partial charge in [0.05, 0.1) is 5.56 Å². The van der Waals surface area contributed by atoms with Crippen LogP contribution in [0.3, 0.4) is 0 Å². The normalized spacial score (nSPS) is 19.8. The molecule has 26 heavy (non-hydrogen) atoms. The summed E-state index contributed by atoms with van der Waals surface area (Å²) in [5.74, 6) is -0.0176. The van der Waals surface area contributed by atoms with Gasteiger partial charge in [-0.25, -0.2) is 0 Å². The molecular formula is C21H27N3OS. The van der Waals surface area contributed by atoms with Crippen LogP contribution in [-0.4, -0.2) is 42.5 Å². The summed E-state index contributed by atoms with van der Waals surface area (Å²) in [6.07, 6.45) is 10.2. The van der Waals surface area contributed by atoms with Crippen LogP contribution in [0.5, 0.6) is 0 Å². The number of anilines is 1. The van der Waals surface area contributed by atoms with Crippen molar-refractivity contribution in [2.45, 2.75) is 37.0 Å². The Labute approximate surface area is 160 Å². The van der Waals surface area contributed by atoms with E-state index in [0.29, 0.717) is 10.8 Å². The number of aromatic nitrogens is 1. The number of hydrogen-bond donors (Lipinski definition) is 1. The van der Waals surface area contributed by atoms with Crippen LogP contribution in [0, 0.1) is 0 Å². The first kappa shape index (κ1) is 18.8. The molecule has 0 spiro atoms. The number of hydrogen-bond acceptors (Lipinski definition) is 4. The minimum atomic E-state index is -0.0176. The molecular weight excluding hydrogens is 342 g/mol. The van der Waals surface area contributed by atoms with Crippen molar-refractivity contribution in [1.82, 2.24) is 10.3 Å². The molecule has 1 aliphatic carbocycles. The third kappa shape index (κ3) is 4.58. The quantitative estimate of drug-likeness (QED) is 0.857. The van der Waals surface area contributed by atoms with E-state index in [1.54, 1.807) is 6.20 Å². The van der Waals surface area contributed by atoms with Crippen LogP contribution in [0.25, 0.3) is 11.1 Å². The number of benzene rings is 1. The van der Waals surface area contributed by atoms with Crippen molar-refractivity contribution in [3.05, 3.63) is 48.3 Å². The zero-order valence-electron chi connectivity index (χ0n) is 15.7. The molecule has 138 valence electrons. The van der Waals surface area contributed by atoms with Gasteiger partial charge < -0.3 is 10.2 Å². The maximum Gasteiger partial charge on any atom is 0.253 e. The average Bonchev–Trinajstić information content (AvgIpc) is 2.68. The topological polar surface area (TPSA) is 45.2 Å². The summed E-state index contributed by atoms with van der Waals surface area (Å²) in [6.45, 7) is 0. The summed E-state index contributed by atoms with van der Waals surface area (Å²) in [5.41, 5.74) is 3.81. The van der Waals surface area contributed by atoms with Crippen molar-refractivity contribution in [3.8, 4) is 11.1 Å². The Kier molecular flexibility index (Phi) is 6.20. The fourth-order valence-corrected chi connectivity index (χ4v) is 4.26. The molecule has 5 heteroatoms. The lowest BCUT2D eigenvalue weighted by Crippen LogP contribution is -2.39. The minimum absolute atomic E-state index is 0.0176. The zero-order valence-corrected chi connectivity index (χ0v) is 16.6. The second-order valence-corrected chi connectivity index (χ2v) is 8.24. The van der Waals surface area contributed by atoms with Gasteiger partial charge in [-0.1, -0.05) is 18.6 Å². The van der Waals surface area contributed by atoms with E-state index in [2.05, 4.69) is 45.7 Å². The van der Waals surface area contributed by atoms with Crippen molar-refractivity contribution in [3.63, 3.8) is 0 Å². The molecule has 4 nitrogen and oxygen atoms in total. The van der Waals surface area contributed by atoms with Gasteiger partial charge in [0.1, 0.15) is 0 Å². The van der Waals surface area contributed by atoms with E-state index >= 15 is 0 Å². The second-order valence-electron chi connectivity index (χ2n) is 7.10. The van der Waals surface area contributed by atoms with Crippen LogP contribution in [0.1, 0.15) is 36.0 Å². The summed E-state index contributed by atoms with van der Waals surface area (Å²) in [7, 11) is 4.04. The highest BCUT2D eigenvalue weighted by Crippen LogP contribution is 2.27. The Hall–Kier alpha value is -2.01. The minimum Gasteiger partial charge on any atom is -0.378 e. The molecule has 0 saturated heterocycles. The predicted octanol–water partition coefficient (Wildman–Crippen LogP) is 4.22. The maximum absolute atomic E-state index is 12.7. The molecule has 1 heterocycles. The highest BCUT2D eigenvalue weighted by atomic mass is 32.2. The van der Waals surface area contributed by atoms with E-state index < -0.39 is 0 Å². The molecule has 0 bridgehead atoms. The summed E-state index contributed by atoms with van der Waals surface area (Å²) in [6, 6.07) is 10.5. The predicted molar refractivity (Wildman–Crippen MR) is 111 cm³/mol. The van der Waals surface area contributed by atoms with Gasteiger partial charge >= 0.3 is 0 Å². The van der Waals surface area contributed by atoms with Gasteiger partial charge in [-0.15, -0.1) is 0 Å². The summed E-state index contributed by atoms with van der Waals surface area (Å²) >= 11 is 1.91. The molecule has 2 atom stereocenters. The van der Waals surface area contributed by atoms with E-state index in [0.717, 1.165) is 29.7 Å². The Morgan fingerprint density at radius 2 is 1.92 bits per heavy atom. The highest BCUT2D eigenvalue weighted by molar-refractivity contribution is 7.99. The molecule has 2 unspecified atom stereocenters. The number of nitrogens with zero attached hydrogens (tertiary/aromatic N) is 2. The van der Waals surface area contributed by atoms with Crippen LogP contribution in [0.2, 0.25) is 0 Å². The summed E-state index contributed by atoms with van der Waals surface area (Å²) < 4.78 is 0. The zero-order chi connectivity index (χ0) is 18.5. The van der Waals surface area contributed by atoms with Crippen molar-refractivity contribution in [2.75, 3.05) is 25.3 Å². The van der Waals surface area contributed by atoms with Crippen molar-refractivity contribution >= 4 is 23.4 Å². The van der Waals surface area contributed by atoms with Crippen LogP contribution < -0.4 is 10.2 Å². The molecule has 0 aliphatic heterocycles. The lowest BCUT2D eigenvalue weighted by molar-refractivity contribution is 0.0928. The maximum atomic E-state index is 12.7. The first-order chi connectivity index (χ1) is 12.6. The van der Waals surface area contributed by atoms with Crippen molar-refractivity contribution in [2.24, 2.45) is 0 Å². The van der Waals surface area contributed by atoms with E-state index in [4.69, 9.17) is 0 Å². The SMILES string of the molecule is CSC1CCCC(NC(=O)c2cncc(-c3ccc(N(C)C)cc3)c2)C1. The van der Waals surface area contributed by atoms with E-state index in [1.807, 2.05) is 38.1 Å². The largest absolute Gasteiger partial charge is 0.378 e. The molecule has 1 aliphatic rings. The molecule has 1 aromatic carbocycles. The lowest BCUT2D eigenvalue weighted by Gasteiger charge is -2.28. The van der Waals surface area contributed by atoms with Crippen molar-refractivity contribution < 1.29 is 4.79 Å². The molecule has 2 aromatic rings. The molecule has 1 aromatic heterocycles. The van der Waals surface area contributed by atoms with Crippen LogP contribution in [-0.2, 0) is 0 Å². The van der Waals surface area contributed by atoms with Crippen LogP contribution in [0.15, 0.2) is 42.7 Å². The second kappa shape index (κ2) is 8.58. The average molecular weight is 370 g/mol. The number of rotatable bonds is 5. The van der Waals surface area contributed by atoms with E-state index in [-0.39, 0.29) is 11.9 Å². The monoisotopic (exact) mass is 369 g/mol. The van der Waals surface area contributed by atoms with Gasteiger partial charge in [0, 0.05) is 49.0 Å². The first-order valence-corrected chi connectivity index (χ1v) is 10.4. The number of amides is 1. The molecule has 3 rings (SSSR count). The van der Waals surface area contributed by atoms with Gasteiger partial charge in [0.15, 0.2) is 0 Å². The number of thioether (sulfide) groups is 1. The number of nitrogens with one attached hydrogen (secondary N) is 1. The van der Waals surface area contributed by atoms with E-state index in [9.17, 15) is 4.79 Å². The fourth-order valence-electron chi connectivity index (χ4n) is 3.43. The Balaban J connectivity index is 1.71. The fraction of sp³-hybridized carbons (Fsp3) is 0.429. The highest BCUT2D eigenvalue weighted by Gasteiger charge is 2.23. The molecule has 1 saturated carbocycles. The van der Waals surface area contributed by atoms with Gasteiger partial charge in [0.2, 0.25) is 0 Å². The van der Waals surface area contributed by atoms with Crippen molar-refractivity contribution in [1.29, 1.82) is 0 Å². The van der Waals surface area contributed by atoms with Gasteiger partial charge in [-0.3, -0.25) is 9.78 Å².